The van der Waals surface area contributed by atoms with E-state index in [2.05, 4.69) is 17.1 Å². The Kier molecular flexibility index (Phi) is 6.65. The Balaban J connectivity index is 2.53. The van der Waals surface area contributed by atoms with Crippen LogP contribution in [0.4, 0.5) is 0 Å². The highest BCUT2D eigenvalue weighted by molar-refractivity contribution is 5.76. The zero-order valence-corrected chi connectivity index (χ0v) is 12.1. The van der Waals surface area contributed by atoms with E-state index in [1.54, 1.807) is 0 Å². The summed E-state index contributed by atoms with van der Waals surface area (Å²) in [6.45, 7) is 7.70. The lowest BCUT2D eigenvalue weighted by molar-refractivity contribution is -0.123. The van der Waals surface area contributed by atoms with Crippen molar-refractivity contribution in [2.45, 2.75) is 71.0 Å². The summed E-state index contributed by atoms with van der Waals surface area (Å²) in [6.07, 6.45) is 5.68. The second kappa shape index (κ2) is 7.74. The van der Waals surface area contributed by atoms with Crippen molar-refractivity contribution in [1.29, 1.82) is 0 Å². The van der Waals surface area contributed by atoms with Gasteiger partial charge in [0.05, 0.1) is 0 Å². The average molecular weight is 255 g/mol. The van der Waals surface area contributed by atoms with Crippen molar-refractivity contribution in [2.75, 3.05) is 13.1 Å². The quantitative estimate of drug-likeness (QED) is 0.724. The first-order valence-corrected chi connectivity index (χ1v) is 7.33. The lowest BCUT2D eigenvalue weighted by atomic mass is 10.1. The van der Waals surface area contributed by atoms with Gasteiger partial charge in [0.1, 0.15) is 0 Å². The van der Waals surface area contributed by atoms with Gasteiger partial charge < -0.3 is 11.1 Å². The van der Waals surface area contributed by atoms with Gasteiger partial charge in [0.2, 0.25) is 5.91 Å². The molecule has 1 aliphatic carbocycles. The molecule has 106 valence electrons. The molecule has 0 heterocycles. The van der Waals surface area contributed by atoms with Gasteiger partial charge in [-0.05, 0) is 33.2 Å². The molecule has 0 saturated heterocycles. The molecule has 0 aromatic heterocycles. The van der Waals surface area contributed by atoms with Crippen molar-refractivity contribution in [2.24, 2.45) is 5.73 Å². The average Bonchev–Trinajstić information content (AvgIpc) is 2.81. The van der Waals surface area contributed by atoms with Crippen LogP contribution in [0.1, 0.15) is 52.9 Å². The molecule has 1 fully saturated rings. The van der Waals surface area contributed by atoms with Crippen LogP contribution in [0, 0.1) is 0 Å². The van der Waals surface area contributed by atoms with Gasteiger partial charge in [-0.25, -0.2) is 0 Å². The Labute approximate surface area is 111 Å². The molecule has 4 heteroatoms. The second-order valence-corrected chi connectivity index (χ2v) is 5.58. The van der Waals surface area contributed by atoms with Crippen LogP contribution in [-0.2, 0) is 4.79 Å². The maximum Gasteiger partial charge on any atom is 0.221 e. The van der Waals surface area contributed by atoms with E-state index in [0.717, 1.165) is 6.54 Å². The number of nitrogens with one attached hydrogen (secondary N) is 1. The van der Waals surface area contributed by atoms with Crippen molar-refractivity contribution in [3.05, 3.63) is 0 Å². The van der Waals surface area contributed by atoms with E-state index in [0.29, 0.717) is 19.0 Å². The summed E-state index contributed by atoms with van der Waals surface area (Å²) in [7, 11) is 0. The van der Waals surface area contributed by atoms with Gasteiger partial charge >= 0.3 is 0 Å². The number of nitrogens with two attached hydrogens (primary N) is 1. The first-order valence-electron chi connectivity index (χ1n) is 7.33. The molecule has 1 unspecified atom stereocenters. The lowest BCUT2D eigenvalue weighted by Crippen LogP contribution is -2.48. The first-order chi connectivity index (χ1) is 8.58. The van der Waals surface area contributed by atoms with Gasteiger partial charge in [-0.2, -0.15) is 0 Å². The highest BCUT2D eigenvalue weighted by atomic mass is 16.1. The van der Waals surface area contributed by atoms with E-state index < -0.39 is 0 Å². The molecule has 4 nitrogen and oxygen atoms in total. The van der Waals surface area contributed by atoms with Gasteiger partial charge in [-0.3, -0.25) is 9.69 Å². The lowest BCUT2D eigenvalue weighted by Gasteiger charge is -2.34. The van der Waals surface area contributed by atoms with Crippen molar-refractivity contribution in [3.8, 4) is 0 Å². The molecule has 1 saturated carbocycles. The van der Waals surface area contributed by atoms with E-state index in [1.165, 1.54) is 25.7 Å². The molecule has 18 heavy (non-hydrogen) atoms. The van der Waals surface area contributed by atoms with Crippen LogP contribution in [0.15, 0.2) is 0 Å². The fourth-order valence-electron chi connectivity index (χ4n) is 2.98. The molecular weight excluding hydrogens is 226 g/mol. The van der Waals surface area contributed by atoms with Gasteiger partial charge in [-0.15, -0.1) is 0 Å². The molecule has 3 N–H and O–H groups in total. The maximum atomic E-state index is 11.9. The van der Waals surface area contributed by atoms with Crippen LogP contribution in [-0.4, -0.2) is 42.0 Å². The molecule has 1 rings (SSSR count). The number of carbonyl (C=O) groups excluding carboxylic acids is 1. The molecule has 1 atom stereocenters. The standard InChI is InChI=1S/C14H29N3O/c1-4-17(12-7-5-6-8-12)13(10-15)9-14(18)16-11(2)3/h11-13H,4-10,15H2,1-3H3,(H,16,18). The Morgan fingerprint density at radius 2 is 2.00 bits per heavy atom. The third-order valence-electron chi connectivity index (χ3n) is 3.77. The predicted octanol–water partition coefficient (Wildman–Crippen LogP) is 1.49. The highest BCUT2D eigenvalue weighted by Gasteiger charge is 2.28. The Hall–Kier alpha value is -0.610. The second-order valence-electron chi connectivity index (χ2n) is 5.58. The summed E-state index contributed by atoms with van der Waals surface area (Å²) in [5, 5.41) is 2.96. The molecule has 0 spiro atoms. The van der Waals surface area contributed by atoms with Crippen LogP contribution >= 0.6 is 0 Å². The van der Waals surface area contributed by atoms with E-state index in [-0.39, 0.29) is 18.0 Å². The van der Waals surface area contributed by atoms with Crippen molar-refractivity contribution < 1.29 is 4.79 Å². The fourth-order valence-corrected chi connectivity index (χ4v) is 2.98. The van der Waals surface area contributed by atoms with Crippen LogP contribution in [0.5, 0.6) is 0 Å². The summed E-state index contributed by atoms with van der Waals surface area (Å²) in [5.41, 5.74) is 5.87. The predicted molar refractivity (Wildman–Crippen MR) is 75.4 cm³/mol. The largest absolute Gasteiger partial charge is 0.354 e. The topological polar surface area (TPSA) is 58.4 Å². The SMILES string of the molecule is CCN(C1CCCC1)C(CN)CC(=O)NC(C)C. The molecule has 0 aliphatic heterocycles. The smallest absolute Gasteiger partial charge is 0.221 e. The van der Waals surface area contributed by atoms with Crippen LogP contribution in [0.25, 0.3) is 0 Å². The Morgan fingerprint density at radius 1 is 1.39 bits per heavy atom. The number of hydrogen-bond donors (Lipinski definition) is 2. The number of likely N-dealkylation sites (N-methyl/N-ethyl adjacent to an activating group) is 1. The van der Waals surface area contributed by atoms with E-state index in [9.17, 15) is 4.79 Å². The zero-order valence-electron chi connectivity index (χ0n) is 12.1. The van der Waals surface area contributed by atoms with Gasteiger partial charge in [0.15, 0.2) is 0 Å². The third kappa shape index (κ3) is 4.58. The number of carbonyl (C=O) groups is 1. The van der Waals surface area contributed by atoms with Gasteiger partial charge in [0, 0.05) is 31.1 Å². The first kappa shape index (κ1) is 15.4. The maximum absolute atomic E-state index is 11.9. The van der Waals surface area contributed by atoms with Crippen LogP contribution in [0.2, 0.25) is 0 Å². The number of nitrogens with zero attached hydrogens (tertiary/aromatic N) is 1. The Bertz CT molecular complexity index is 249. The molecule has 1 aliphatic rings. The monoisotopic (exact) mass is 255 g/mol. The minimum absolute atomic E-state index is 0.122. The molecule has 1 amide bonds. The zero-order chi connectivity index (χ0) is 13.5. The number of amides is 1. The Morgan fingerprint density at radius 3 is 2.44 bits per heavy atom. The van der Waals surface area contributed by atoms with Gasteiger partial charge in [0.25, 0.3) is 0 Å². The summed E-state index contributed by atoms with van der Waals surface area (Å²) in [6, 6.07) is 1.03. The van der Waals surface area contributed by atoms with Gasteiger partial charge in [-0.1, -0.05) is 19.8 Å². The summed E-state index contributed by atoms with van der Waals surface area (Å²) < 4.78 is 0. The van der Waals surface area contributed by atoms with E-state index in [4.69, 9.17) is 5.73 Å². The fraction of sp³-hybridized carbons (Fsp3) is 0.929. The third-order valence-corrected chi connectivity index (χ3v) is 3.77. The van der Waals surface area contributed by atoms with Crippen LogP contribution in [0.3, 0.4) is 0 Å². The molecule has 0 aromatic carbocycles. The normalized spacial score (nSPS) is 18.6. The van der Waals surface area contributed by atoms with E-state index in [1.807, 2.05) is 13.8 Å². The minimum atomic E-state index is 0.122. The van der Waals surface area contributed by atoms with Crippen LogP contribution < -0.4 is 11.1 Å². The molecular formula is C14H29N3O. The van der Waals surface area contributed by atoms with E-state index >= 15 is 0 Å². The summed E-state index contributed by atoms with van der Waals surface area (Å²) in [5.74, 6) is 0.122. The summed E-state index contributed by atoms with van der Waals surface area (Å²) >= 11 is 0. The van der Waals surface area contributed by atoms with Crippen molar-refractivity contribution in [3.63, 3.8) is 0 Å². The highest BCUT2D eigenvalue weighted by Crippen LogP contribution is 2.25. The number of hydrogen-bond acceptors (Lipinski definition) is 3. The summed E-state index contributed by atoms with van der Waals surface area (Å²) in [4.78, 5) is 14.3. The van der Waals surface area contributed by atoms with Crippen molar-refractivity contribution in [1.82, 2.24) is 10.2 Å². The van der Waals surface area contributed by atoms with Crippen molar-refractivity contribution >= 4 is 5.91 Å². The minimum Gasteiger partial charge on any atom is -0.354 e. The molecule has 0 radical (unpaired) electrons. The molecule has 0 bridgehead atoms. The molecule has 0 aromatic rings. The number of rotatable bonds is 7.